The lowest BCUT2D eigenvalue weighted by molar-refractivity contribution is 0.374. The molecule has 0 saturated heterocycles. The summed E-state index contributed by atoms with van der Waals surface area (Å²) in [4.78, 5) is 11.8. The predicted octanol–water partition coefficient (Wildman–Crippen LogP) is 6.33. The number of fused-ring (bicyclic) bond motifs is 2. The molecule has 4 heterocycles. The molecule has 2 aromatic carbocycles. The lowest BCUT2D eigenvalue weighted by Crippen LogP contribution is -2.35. The van der Waals surface area contributed by atoms with E-state index in [2.05, 4.69) is 106 Å². The molecule has 4 nitrogen and oxygen atoms in total. The highest BCUT2D eigenvalue weighted by atomic mass is 15.2. The van der Waals surface area contributed by atoms with Gasteiger partial charge in [0, 0.05) is 41.2 Å². The van der Waals surface area contributed by atoms with E-state index in [-0.39, 0.29) is 6.04 Å². The highest BCUT2D eigenvalue weighted by Crippen LogP contribution is 2.41. The normalized spacial score (nSPS) is 18.3. The molecule has 37 heavy (non-hydrogen) atoms. The third-order valence-corrected chi connectivity index (χ3v) is 7.45. The molecule has 0 saturated carbocycles. The quantitative estimate of drug-likeness (QED) is 0.267. The van der Waals surface area contributed by atoms with Crippen LogP contribution in [0.1, 0.15) is 11.5 Å². The van der Waals surface area contributed by atoms with E-state index in [1.54, 1.807) is 12.3 Å². The number of hydrogen-bond donors (Lipinski definition) is 0. The number of rotatable bonds is 6. The Bertz CT molecular complexity index is 1790. The highest BCUT2D eigenvalue weighted by molar-refractivity contribution is 6.12. The van der Waals surface area contributed by atoms with Gasteiger partial charge in [-0.25, -0.2) is 4.98 Å². The number of aromatic nitrogens is 3. The molecule has 0 bridgehead atoms. The van der Waals surface area contributed by atoms with Crippen molar-refractivity contribution in [2.45, 2.75) is 12.0 Å². The van der Waals surface area contributed by atoms with E-state index >= 15 is 0 Å². The maximum Gasteiger partial charge on any atom is 0.138 e. The van der Waals surface area contributed by atoms with E-state index in [9.17, 15) is 0 Å². The second-order valence-corrected chi connectivity index (χ2v) is 9.52. The van der Waals surface area contributed by atoms with Crippen LogP contribution in [0.25, 0.3) is 44.8 Å². The summed E-state index contributed by atoms with van der Waals surface area (Å²) in [5.74, 6) is 1.26. The van der Waals surface area contributed by atoms with Crippen LogP contribution in [0.4, 0.5) is 0 Å². The van der Waals surface area contributed by atoms with Gasteiger partial charge in [0.1, 0.15) is 5.82 Å². The first-order chi connectivity index (χ1) is 18.3. The smallest absolute Gasteiger partial charge is 0.138 e. The average molecular weight is 479 g/mol. The van der Waals surface area contributed by atoms with Gasteiger partial charge < -0.3 is 4.90 Å². The van der Waals surface area contributed by atoms with Gasteiger partial charge >= 0.3 is 0 Å². The van der Waals surface area contributed by atoms with Crippen molar-refractivity contribution < 1.29 is 0 Å². The van der Waals surface area contributed by atoms with Gasteiger partial charge in [0.2, 0.25) is 0 Å². The van der Waals surface area contributed by atoms with Crippen LogP contribution >= 0.6 is 0 Å². The molecule has 1 aliphatic carbocycles. The first-order valence-electron chi connectivity index (χ1n) is 12.7. The molecule has 2 atom stereocenters. The average Bonchev–Trinajstić information content (AvgIpc) is 3.51. The zero-order valence-corrected chi connectivity index (χ0v) is 20.4. The molecule has 2 unspecified atom stereocenters. The summed E-state index contributed by atoms with van der Waals surface area (Å²) in [5, 5.41) is 5.16. The van der Waals surface area contributed by atoms with Crippen molar-refractivity contribution in [1.82, 2.24) is 19.4 Å². The van der Waals surface area contributed by atoms with Crippen LogP contribution in [0.2, 0.25) is 0 Å². The minimum absolute atomic E-state index is 0.256. The molecule has 4 heteroatoms. The Hall–Kier alpha value is -4.70. The Morgan fingerprint density at radius 2 is 1.86 bits per heavy atom. The number of benzene rings is 2. The van der Waals surface area contributed by atoms with Gasteiger partial charge in [-0.2, -0.15) is 0 Å². The first-order valence-corrected chi connectivity index (χ1v) is 12.7. The summed E-state index contributed by atoms with van der Waals surface area (Å²) >= 11 is 0. The number of pyridine rings is 2. The number of allylic oxidation sites excluding steroid dienone is 4. The second-order valence-electron chi connectivity index (χ2n) is 9.52. The molecular weight excluding hydrogens is 452 g/mol. The molecule has 0 fully saturated rings. The molecule has 0 amide bonds. The largest absolute Gasteiger partial charge is 0.367 e. The number of hydrogen-bond acceptors (Lipinski definition) is 3. The van der Waals surface area contributed by atoms with Gasteiger partial charge in [0.15, 0.2) is 0 Å². The van der Waals surface area contributed by atoms with Crippen molar-refractivity contribution in [3.63, 3.8) is 0 Å². The van der Waals surface area contributed by atoms with Crippen LogP contribution < -0.4 is 5.35 Å². The standard InChI is InChI=1S/C33H26N4/c1-2-3-4-5-6-19-36-20-17-25-26-16-15-23-10-7-13-28-32(23)33(26)30(21-29(25)36)37(28)31-14-8-12-27(35-31)24-11-9-18-34-22-24/h2-18,20-22,25,29H,1,19H2/b4-3-,6-5-. The Morgan fingerprint density at radius 1 is 0.919 bits per heavy atom. The summed E-state index contributed by atoms with van der Waals surface area (Å²) in [6, 6.07) is 21.7. The first kappa shape index (κ1) is 21.6. The monoisotopic (exact) mass is 478 g/mol. The van der Waals surface area contributed by atoms with Gasteiger partial charge in [-0.3, -0.25) is 9.55 Å². The van der Waals surface area contributed by atoms with E-state index in [0.29, 0.717) is 5.92 Å². The lowest BCUT2D eigenvalue weighted by Gasteiger charge is -2.29. The van der Waals surface area contributed by atoms with Crippen LogP contribution in [0.3, 0.4) is 0 Å². The van der Waals surface area contributed by atoms with Crippen molar-refractivity contribution in [3.8, 4) is 17.1 Å². The maximum atomic E-state index is 5.12. The van der Waals surface area contributed by atoms with Crippen LogP contribution in [0.15, 0.2) is 122 Å². The van der Waals surface area contributed by atoms with Crippen molar-refractivity contribution >= 4 is 27.8 Å². The fourth-order valence-corrected chi connectivity index (χ4v) is 5.84. The van der Waals surface area contributed by atoms with Gasteiger partial charge in [-0.15, -0.1) is 0 Å². The van der Waals surface area contributed by atoms with E-state index in [4.69, 9.17) is 4.98 Å². The molecule has 3 aromatic heterocycles. The van der Waals surface area contributed by atoms with E-state index in [1.807, 2.05) is 24.4 Å². The summed E-state index contributed by atoms with van der Waals surface area (Å²) in [6.07, 6.45) is 20.8. The van der Waals surface area contributed by atoms with Gasteiger partial charge in [-0.1, -0.05) is 73.4 Å². The molecule has 7 rings (SSSR count). The molecule has 2 aliphatic rings. The SMILES string of the molecule is C=C/C=C\C=C/CN1C=CC2c3ccc4cccc5c4c3c(n5-c3cccc(-c4cccnc4)n3)=CC21. The van der Waals surface area contributed by atoms with E-state index in [1.165, 1.54) is 32.6 Å². The third-order valence-electron chi connectivity index (χ3n) is 7.45. The van der Waals surface area contributed by atoms with Crippen molar-refractivity contribution in [3.05, 3.63) is 133 Å². The maximum absolute atomic E-state index is 5.12. The molecule has 0 N–H and O–H groups in total. The van der Waals surface area contributed by atoms with Crippen LogP contribution in [-0.4, -0.2) is 32.0 Å². The van der Waals surface area contributed by atoms with Crippen LogP contribution in [-0.2, 0) is 0 Å². The van der Waals surface area contributed by atoms with Crippen molar-refractivity contribution in [2.24, 2.45) is 0 Å². The minimum atomic E-state index is 0.256. The van der Waals surface area contributed by atoms with Gasteiger partial charge in [-0.05, 0) is 53.6 Å². The second kappa shape index (κ2) is 8.75. The zero-order valence-electron chi connectivity index (χ0n) is 20.4. The van der Waals surface area contributed by atoms with Crippen molar-refractivity contribution in [2.75, 3.05) is 6.54 Å². The summed E-state index contributed by atoms with van der Waals surface area (Å²) in [5.41, 5.74) is 4.52. The van der Waals surface area contributed by atoms with Gasteiger partial charge in [0.05, 0.1) is 22.6 Å². The summed E-state index contributed by atoms with van der Waals surface area (Å²) in [6.45, 7) is 4.59. The predicted molar refractivity (Wildman–Crippen MR) is 152 cm³/mol. The molecule has 178 valence electrons. The molecule has 5 aromatic rings. The van der Waals surface area contributed by atoms with Gasteiger partial charge in [0.25, 0.3) is 0 Å². The lowest BCUT2D eigenvalue weighted by atomic mass is 9.85. The van der Waals surface area contributed by atoms with Crippen LogP contribution in [0, 0.1) is 0 Å². The molecular formula is C33H26N4. The Kier molecular flexibility index (Phi) is 5.10. The Balaban J connectivity index is 1.42. The van der Waals surface area contributed by atoms with Crippen LogP contribution in [0.5, 0.6) is 0 Å². The fourth-order valence-electron chi connectivity index (χ4n) is 5.84. The highest BCUT2D eigenvalue weighted by Gasteiger charge is 2.34. The Morgan fingerprint density at radius 3 is 2.76 bits per heavy atom. The summed E-state index contributed by atoms with van der Waals surface area (Å²) in [7, 11) is 0. The van der Waals surface area contributed by atoms with Crippen molar-refractivity contribution in [1.29, 1.82) is 0 Å². The molecule has 1 aliphatic heterocycles. The minimum Gasteiger partial charge on any atom is -0.367 e. The fraction of sp³-hybridized carbons (Fsp3) is 0.0909. The Labute approximate surface area is 215 Å². The summed E-state index contributed by atoms with van der Waals surface area (Å²) < 4.78 is 2.34. The number of nitrogens with zero attached hydrogens (tertiary/aromatic N) is 4. The third kappa shape index (κ3) is 3.45. The van der Waals surface area contributed by atoms with E-state index < -0.39 is 0 Å². The topological polar surface area (TPSA) is 34.0 Å². The van der Waals surface area contributed by atoms with E-state index in [0.717, 1.165) is 23.6 Å². The molecule has 0 spiro atoms. The molecule has 0 radical (unpaired) electrons. The zero-order chi connectivity index (χ0) is 24.8.